The molecule has 0 amide bonds. The number of fused-ring (bicyclic) bond motifs is 1. The van der Waals surface area contributed by atoms with Crippen LogP contribution in [0.1, 0.15) is 29.6 Å². The van der Waals surface area contributed by atoms with E-state index in [1.807, 2.05) is 6.07 Å². The van der Waals surface area contributed by atoms with Crippen LogP contribution in [0.2, 0.25) is 0 Å². The van der Waals surface area contributed by atoms with E-state index in [1.54, 1.807) is 12.1 Å². The number of aromatic carboxylic acids is 1. The van der Waals surface area contributed by atoms with Crippen LogP contribution < -0.4 is 0 Å². The van der Waals surface area contributed by atoms with E-state index in [1.165, 1.54) is 25.9 Å². The lowest BCUT2D eigenvalue weighted by molar-refractivity contribution is 0.0697. The molecule has 1 fully saturated rings. The van der Waals surface area contributed by atoms with Gasteiger partial charge in [0, 0.05) is 18.3 Å². The van der Waals surface area contributed by atoms with E-state index in [4.69, 9.17) is 5.11 Å². The van der Waals surface area contributed by atoms with Crippen LogP contribution in [0.15, 0.2) is 30.5 Å². The first-order valence-corrected chi connectivity index (χ1v) is 7.28. The Kier molecular flexibility index (Phi) is 3.74. The molecule has 1 aromatic heterocycles. The van der Waals surface area contributed by atoms with E-state index < -0.39 is 5.97 Å². The minimum absolute atomic E-state index is 0.358. The minimum atomic E-state index is -0.864. The molecule has 0 bridgehead atoms. The summed E-state index contributed by atoms with van der Waals surface area (Å²) in [7, 11) is 0. The van der Waals surface area contributed by atoms with Crippen molar-refractivity contribution < 1.29 is 9.90 Å². The number of aromatic nitrogens is 1. The van der Waals surface area contributed by atoms with Crippen molar-refractivity contribution in [3.8, 4) is 0 Å². The zero-order chi connectivity index (χ0) is 13.9. The maximum Gasteiger partial charge on any atom is 0.335 e. The summed E-state index contributed by atoms with van der Waals surface area (Å²) in [5, 5.41) is 10.2. The number of aryl methyl sites for hydroxylation is 1. The van der Waals surface area contributed by atoms with Gasteiger partial charge in [-0.2, -0.15) is 0 Å². The predicted molar refractivity (Wildman–Crippen MR) is 79.2 cm³/mol. The van der Waals surface area contributed by atoms with Gasteiger partial charge in [0.05, 0.1) is 5.56 Å². The second-order valence-electron chi connectivity index (χ2n) is 5.49. The van der Waals surface area contributed by atoms with Crippen molar-refractivity contribution in [3.05, 3.63) is 36.0 Å². The van der Waals surface area contributed by atoms with Crippen molar-refractivity contribution >= 4 is 16.9 Å². The molecule has 3 rings (SSSR count). The number of carboxylic acids is 1. The first-order valence-electron chi connectivity index (χ1n) is 7.28. The molecule has 20 heavy (non-hydrogen) atoms. The van der Waals surface area contributed by atoms with Gasteiger partial charge in [-0.3, -0.25) is 0 Å². The third kappa shape index (κ3) is 2.70. The third-order valence-electron chi connectivity index (χ3n) is 4.09. The third-order valence-corrected chi connectivity index (χ3v) is 4.09. The maximum absolute atomic E-state index is 11.0. The quantitative estimate of drug-likeness (QED) is 0.910. The van der Waals surface area contributed by atoms with Gasteiger partial charge in [0.25, 0.3) is 0 Å². The first-order chi connectivity index (χ1) is 9.74. The number of rotatable bonds is 5. The molecule has 106 valence electrons. The van der Waals surface area contributed by atoms with Crippen LogP contribution in [0.4, 0.5) is 0 Å². The molecule has 1 saturated heterocycles. The Bertz CT molecular complexity index is 612. The lowest BCUT2D eigenvalue weighted by Crippen LogP contribution is -2.21. The van der Waals surface area contributed by atoms with Crippen LogP contribution in [0, 0.1) is 0 Å². The fraction of sp³-hybridized carbons (Fsp3) is 0.438. The summed E-state index contributed by atoms with van der Waals surface area (Å²) in [5.74, 6) is -0.864. The van der Waals surface area contributed by atoms with Crippen molar-refractivity contribution in [2.24, 2.45) is 0 Å². The number of nitrogens with zero attached hydrogens (tertiary/aromatic N) is 2. The van der Waals surface area contributed by atoms with Gasteiger partial charge in [-0.25, -0.2) is 4.79 Å². The number of carboxylic acid groups (broad SMARTS) is 1. The fourth-order valence-electron chi connectivity index (χ4n) is 2.98. The molecule has 0 spiro atoms. The Hall–Kier alpha value is -1.81. The highest BCUT2D eigenvalue weighted by Gasteiger charge is 2.11. The number of hydrogen-bond acceptors (Lipinski definition) is 2. The molecule has 1 N–H and O–H groups in total. The Labute approximate surface area is 118 Å². The van der Waals surface area contributed by atoms with Crippen LogP contribution in [0.25, 0.3) is 10.9 Å². The Balaban J connectivity index is 1.70. The van der Waals surface area contributed by atoms with Crippen molar-refractivity contribution in [1.29, 1.82) is 0 Å². The predicted octanol–water partition coefficient (Wildman–Crippen LogP) is 2.83. The van der Waals surface area contributed by atoms with E-state index >= 15 is 0 Å². The van der Waals surface area contributed by atoms with Gasteiger partial charge in [-0.05, 0) is 62.5 Å². The molecule has 0 radical (unpaired) electrons. The monoisotopic (exact) mass is 272 g/mol. The molecule has 4 nitrogen and oxygen atoms in total. The molecule has 4 heteroatoms. The van der Waals surface area contributed by atoms with E-state index in [-0.39, 0.29) is 0 Å². The van der Waals surface area contributed by atoms with Crippen LogP contribution in [0.5, 0.6) is 0 Å². The summed E-state index contributed by atoms with van der Waals surface area (Å²) in [4.78, 5) is 13.6. The zero-order valence-electron chi connectivity index (χ0n) is 11.6. The molecular weight excluding hydrogens is 252 g/mol. The highest BCUT2D eigenvalue weighted by molar-refractivity contribution is 5.93. The number of benzene rings is 1. The van der Waals surface area contributed by atoms with Gasteiger partial charge in [0.1, 0.15) is 0 Å². The average Bonchev–Trinajstić information content (AvgIpc) is 3.08. The van der Waals surface area contributed by atoms with Crippen molar-refractivity contribution in [1.82, 2.24) is 9.47 Å². The lowest BCUT2D eigenvalue weighted by atomic mass is 10.1. The molecule has 1 aromatic carbocycles. The Morgan fingerprint density at radius 3 is 2.70 bits per heavy atom. The van der Waals surface area contributed by atoms with Crippen molar-refractivity contribution in [2.45, 2.75) is 25.8 Å². The van der Waals surface area contributed by atoms with Crippen LogP contribution in [-0.2, 0) is 6.54 Å². The summed E-state index contributed by atoms with van der Waals surface area (Å²) in [5.41, 5.74) is 1.38. The summed E-state index contributed by atoms with van der Waals surface area (Å²) in [6, 6.07) is 7.37. The summed E-state index contributed by atoms with van der Waals surface area (Å²) in [6.07, 6.45) is 5.82. The highest BCUT2D eigenvalue weighted by atomic mass is 16.4. The smallest absolute Gasteiger partial charge is 0.335 e. The van der Waals surface area contributed by atoms with Gasteiger partial charge in [0.15, 0.2) is 0 Å². The van der Waals surface area contributed by atoms with Gasteiger partial charge in [-0.15, -0.1) is 0 Å². The summed E-state index contributed by atoms with van der Waals surface area (Å²) < 4.78 is 2.16. The van der Waals surface area contributed by atoms with Crippen LogP contribution in [-0.4, -0.2) is 40.2 Å². The highest BCUT2D eigenvalue weighted by Crippen LogP contribution is 2.18. The lowest BCUT2D eigenvalue weighted by Gasteiger charge is -2.14. The van der Waals surface area contributed by atoms with E-state index in [0.717, 1.165) is 30.4 Å². The average molecular weight is 272 g/mol. The van der Waals surface area contributed by atoms with Crippen LogP contribution in [0.3, 0.4) is 0 Å². The zero-order valence-corrected chi connectivity index (χ0v) is 11.6. The molecule has 1 aliphatic heterocycles. The van der Waals surface area contributed by atoms with Crippen LogP contribution >= 0.6 is 0 Å². The molecule has 2 heterocycles. The molecular formula is C16H20N2O2. The van der Waals surface area contributed by atoms with Gasteiger partial charge >= 0.3 is 5.97 Å². The topological polar surface area (TPSA) is 45.5 Å². The maximum atomic E-state index is 11.0. The Morgan fingerprint density at radius 2 is 1.95 bits per heavy atom. The molecule has 0 saturated carbocycles. The summed E-state index contributed by atoms with van der Waals surface area (Å²) in [6.45, 7) is 4.55. The number of likely N-dealkylation sites (tertiary alicyclic amines) is 1. The van der Waals surface area contributed by atoms with Gasteiger partial charge in [0.2, 0.25) is 0 Å². The van der Waals surface area contributed by atoms with Gasteiger partial charge < -0.3 is 14.6 Å². The Morgan fingerprint density at radius 1 is 1.15 bits per heavy atom. The summed E-state index contributed by atoms with van der Waals surface area (Å²) >= 11 is 0. The molecule has 0 unspecified atom stereocenters. The minimum Gasteiger partial charge on any atom is -0.478 e. The van der Waals surface area contributed by atoms with Crippen molar-refractivity contribution in [3.63, 3.8) is 0 Å². The number of hydrogen-bond donors (Lipinski definition) is 1. The fourth-order valence-corrected chi connectivity index (χ4v) is 2.98. The number of carbonyl (C=O) groups is 1. The second kappa shape index (κ2) is 5.67. The van der Waals surface area contributed by atoms with E-state index in [2.05, 4.69) is 21.7 Å². The standard InChI is InChI=1S/C16H20N2O2/c19-16(20)14-5-4-13-6-11-18(15(13)12-14)10-3-9-17-7-1-2-8-17/h4-6,11-12H,1-3,7-10H2,(H,19,20). The molecule has 2 aromatic rings. The van der Waals surface area contributed by atoms with E-state index in [9.17, 15) is 4.79 Å². The van der Waals surface area contributed by atoms with Crippen molar-refractivity contribution in [2.75, 3.05) is 19.6 Å². The molecule has 0 atom stereocenters. The largest absolute Gasteiger partial charge is 0.478 e. The van der Waals surface area contributed by atoms with Gasteiger partial charge in [-0.1, -0.05) is 6.07 Å². The van der Waals surface area contributed by atoms with E-state index in [0.29, 0.717) is 5.56 Å². The SMILES string of the molecule is O=C(O)c1ccc2ccn(CCCN3CCCC3)c2c1. The molecule has 0 aliphatic carbocycles. The second-order valence-corrected chi connectivity index (χ2v) is 5.49. The normalized spacial score (nSPS) is 16.0. The first kappa shape index (κ1) is 13.2. The molecule has 1 aliphatic rings.